The number of para-hydroxylation sites is 1. The van der Waals surface area contributed by atoms with Gasteiger partial charge in [-0.05, 0) is 74.8 Å². The minimum atomic E-state index is -0.841. The molecule has 7 nitrogen and oxygen atoms in total. The largest absolute Gasteiger partial charge is 0.493 e. The summed E-state index contributed by atoms with van der Waals surface area (Å²) in [4.78, 5) is 13.4. The maximum atomic E-state index is 10.9. The molecule has 2 N–H and O–H groups in total. The van der Waals surface area contributed by atoms with Crippen molar-refractivity contribution in [2.75, 3.05) is 20.7 Å². The summed E-state index contributed by atoms with van der Waals surface area (Å²) in [6, 6.07) is 21.3. The van der Waals surface area contributed by atoms with Crippen molar-refractivity contribution >= 4 is 5.97 Å². The Hall–Kier alpha value is -3.81. The van der Waals surface area contributed by atoms with Crippen molar-refractivity contribution in [3.8, 4) is 23.0 Å². The Morgan fingerprint density at radius 2 is 1.85 bits per heavy atom. The van der Waals surface area contributed by atoms with Gasteiger partial charge >= 0.3 is 5.97 Å². The smallest absolute Gasteiger partial charge is 0.310 e. The van der Waals surface area contributed by atoms with E-state index in [2.05, 4.69) is 24.1 Å². The standard InChI is InChI=1S/C18H21NO3.C15H14O3/c1-19-8-7-18-11-4-5-13(20)17(18)22-16-14(21-2)6-3-10(15(16)18)9-12(11)19;1-11(15(16)17)12-6-5-9-14(10-12)18-13-7-3-2-4-8-13/h3-6,11-13,17,20H,7-9H2,1-2H3;2-11H,1H3,(H,16,17)/t11-,12+,13-,17-,18-;/m0./s1. The van der Waals surface area contributed by atoms with Crippen LogP contribution in [0.25, 0.3) is 0 Å². The molecule has 1 spiro atoms. The van der Waals surface area contributed by atoms with Crippen LogP contribution in [0.5, 0.6) is 23.0 Å². The number of rotatable bonds is 5. The highest BCUT2D eigenvalue weighted by Crippen LogP contribution is 2.62. The third kappa shape index (κ3) is 4.25. The first-order valence-electron chi connectivity index (χ1n) is 13.8. The van der Waals surface area contributed by atoms with Gasteiger partial charge in [-0.3, -0.25) is 4.79 Å². The van der Waals surface area contributed by atoms with E-state index in [4.69, 9.17) is 19.3 Å². The fraction of sp³-hybridized carbons (Fsp3) is 0.364. The first-order valence-corrected chi connectivity index (χ1v) is 13.8. The average molecular weight is 542 g/mol. The molecule has 0 amide bonds. The van der Waals surface area contributed by atoms with Crippen molar-refractivity contribution in [2.24, 2.45) is 5.92 Å². The van der Waals surface area contributed by atoms with E-state index in [9.17, 15) is 9.90 Å². The van der Waals surface area contributed by atoms with Crippen LogP contribution in [0.1, 0.15) is 36.0 Å². The second kappa shape index (κ2) is 10.3. The highest BCUT2D eigenvalue weighted by molar-refractivity contribution is 5.75. The topological polar surface area (TPSA) is 88.5 Å². The third-order valence-corrected chi connectivity index (χ3v) is 9.06. The quantitative estimate of drug-likeness (QED) is 0.431. The minimum absolute atomic E-state index is 0.0806. The number of benzene rings is 3. The summed E-state index contributed by atoms with van der Waals surface area (Å²) in [5.41, 5.74) is 3.34. The second-order valence-corrected chi connectivity index (χ2v) is 11.2. The van der Waals surface area contributed by atoms with Crippen LogP contribution in [-0.2, 0) is 16.6 Å². The molecule has 0 radical (unpaired) electrons. The molecule has 2 aliphatic heterocycles. The zero-order valence-electron chi connectivity index (χ0n) is 23.0. The molecule has 3 aromatic rings. The van der Waals surface area contributed by atoms with Crippen LogP contribution in [0.3, 0.4) is 0 Å². The molecule has 0 saturated carbocycles. The Morgan fingerprint density at radius 3 is 2.60 bits per heavy atom. The lowest BCUT2D eigenvalue weighted by atomic mass is 9.53. The number of ether oxygens (including phenoxy) is 3. The Morgan fingerprint density at radius 1 is 1.07 bits per heavy atom. The lowest BCUT2D eigenvalue weighted by Crippen LogP contribution is -2.64. The minimum Gasteiger partial charge on any atom is -0.493 e. The predicted octanol–water partition coefficient (Wildman–Crippen LogP) is 5.17. The molecular formula is C33H35NO6. The molecule has 7 heteroatoms. The number of methoxy groups -OCH3 is 1. The molecule has 1 fully saturated rings. The normalized spacial score (nSPS) is 27.9. The SMILES string of the molecule is CC(C(=O)O)c1cccc(Oc2ccccc2)c1.COc1ccc2c3c1O[C@H]1[C@@H](O)C=C[C@H]4[C@@H](C2)N(C)CC[C@@]341. The van der Waals surface area contributed by atoms with Crippen LogP contribution >= 0.6 is 0 Å². The average Bonchev–Trinajstić information content (AvgIpc) is 3.32. The number of nitrogens with zero attached hydrogens (tertiary/aromatic N) is 1. The fourth-order valence-corrected chi connectivity index (χ4v) is 7.00. The lowest BCUT2D eigenvalue weighted by Gasteiger charge is -2.56. The van der Waals surface area contributed by atoms with Gasteiger partial charge in [0.25, 0.3) is 0 Å². The van der Waals surface area contributed by atoms with E-state index in [1.807, 2.05) is 48.5 Å². The summed E-state index contributed by atoms with van der Waals surface area (Å²) in [6.07, 6.45) is 5.54. The summed E-state index contributed by atoms with van der Waals surface area (Å²) in [6.45, 7) is 2.71. The molecule has 7 rings (SSSR count). The van der Waals surface area contributed by atoms with Crippen LogP contribution in [0, 0.1) is 5.92 Å². The summed E-state index contributed by atoms with van der Waals surface area (Å²) in [5.74, 6) is 2.09. The van der Waals surface area contributed by atoms with E-state index < -0.39 is 18.0 Å². The van der Waals surface area contributed by atoms with Crippen LogP contribution in [0.15, 0.2) is 78.9 Å². The number of hydrogen-bond donors (Lipinski definition) is 2. The van der Waals surface area contributed by atoms with Crippen molar-refractivity contribution in [1.29, 1.82) is 0 Å². The molecule has 4 aliphatic rings. The van der Waals surface area contributed by atoms with E-state index in [0.717, 1.165) is 42.2 Å². The number of carboxylic acid groups (broad SMARTS) is 1. The number of aliphatic carboxylic acids is 1. The van der Waals surface area contributed by atoms with E-state index in [1.165, 1.54) is 11.1 Å². The highest BCUT2D eigenvalue weighted by atomic mass is 16.5. The molecule has 40 heavy (non-hydrogen) atoms. The zero-order valence-corrected chi connectivity index (χ0v) is 23.0. The summed E-state index contributed by atoms with van der Waals surface area (Å²) in [5, 5.41) is 19.5. The Bertz CT molecular complexity index is 1440. The van der Waals surface area contributed by atoms with E-state index in [-0.39, 0.29) is 11.5 Å². The van der Waals surface area contributed by atoms with E-state index in [1.54, 1.807) is 32.2 Å². The van der Waals surface area contributed by atoms with Crippen LogP contribution in [-0.4, -0.2) is 60.0 Å². The van der Waals surface area contributed by atoms with Gasteiger partial charge in [0, 0.05) is 22.9 Å². The number of hydrogen-bond acceptors (Lipinski definition) is 6. The van der Waals surface area contributed by atoms with Gasteiger partial charge in [-0.2, -0.15) is 0 Å². The highest BCUT2D eigenvalue weighted by Gasteiger charge is 2.64. The van der Waals surface area contributed by atoms with Gasteiger partial charge in [0.2, 0.25) is 0 Å². The van der Waals surface area contributed by atoms with Crippen LogP contribution < -0.4 is 14.2 Å². The van der Waals surface area contributed by atoms with E-state index >= 15 is 0 Å². The Labute approximate surface area is 234 Å². The van der Waals surface area contributed by atoms with Crippen molar-refractivity contribution in [1.82, 2.24) is 4.90 Å². The fourth-order valence-electron chi connectivity index (χ4n) is 7.00. The number of piperidine rings is 1. The summed E-state index contributed by atoms with van der Waals surface area (Å²) in [7, 11) is 3.91. The van der Waals surface area contributed by atoms with Gasteiger partial charge in [0.05, 0.1) is 13.0 Å². The number of carbonyl (C=O) groups is 1. The first kappa shape index (κ1) is 26.4. The van der Waals surface area contributed by atoms with Gasteiger partial charge in [0.15, 0.2) is 11.5 Å². The maximum absolute atomic E-state index is 10.9. The monoisotopic (exact) mass is 541 g/mol. The van der Waals surface area contributed by atoms with Crippen molar-refractivity contribution in [3.05, 3.63) is 95.6 Å². The molecule has 3 aromatic carbocycles. The van der Waals surface area contributed by atoms with Gasteiger partial charge in [-0.25, -0.2) is 0 Å². The molecule has 2 bridgehead atoms. The number of aliphatic hydroxyl groups excluding tert-OH is 1. The molecule has 2 aliphatic carbocycles. The number of aliphatic hydroxyl groups is 1. The predicted molar refractivity (Wildman–Crippen MR) is 151 cm³/mol. The third-order valence-electron chi connectivity index (χ3n) is 9.06. The maximum Gasteiger partial charge on any atom is 0.310 e. The number of likely N-dealkylation sites (N-methyl/N-ethyl adjacent to an activating group) is 1. The second-order valence-electron chi connectivity index (χ2n) is 11.2. The lowest BCUT2D eigenvalue weighted by molar-refractivity contribution is -0.138. The molecule has 0 aromatic heterocycles. The van der Waals surface area contributed by atoms with Gasteiger partial charge in [-0.15, -0.1) is 0 Å². The molecule has 6 atom stereocenters. The molecule has 1 unspecified atom stereocenters. The Kier molecular flexibility index (Phi) is 6.80. The van der Waals surface area contributed by atoms with E-state index in [0.29, 0.717) is 17.7 Å². The van der Waals surface area contributed by atoms with Crippen molar-refractivity contribution in [2.45, 2.75) is 49.3 Å². The first-order chi connectivity index (χ1) is 19.3. The Balaban J connectivity index is 0.000000148. The molecule has 1 saturated heterocycles. The zero-order chi connectivity index (χ0) is 28.0. The molecular weight excluding hydrogens is 506 g/mol. The van der Waals surface area contributed by atoms with Crippen LogP contribution in [0.4, 0.5) is 0 Å². The van der Waals surface area contributed by atoms with Crippen LogP contribution in [0.2, 0.25) is 0 Å². The van der Waals surface area contributed by atoms with Gasteiger partial charge in [0.1, 0.15) is 23.7 Å². The number of likely N-dealkylation sites (tertiary alicyclic amines) is 1. The summed E-state index contributed by atoms with van der Waals surface area (Å²) < 4.78 is 17.5. The van der Waals surface area contributed by atoms with Crippen molar-refractivity contribution < 1.29 is 29.2 Å². The summed E-state index contributed by atoms with van der Waals surface area (Å²) >= 11 is 0. The van der Waals surface area contributed by atoms with Crippen molar-refractivity contribution in [3.63, 3.8) is 0 Å². The number of carboxylic acids is 1. The van der Waals surface area contributed by atoms with Gasteiger partial charge in [-0.1, -0.05) is 48.6 Å². The van der Waals surface area contributed by atoms with Gasteiger partial charge < -0.3 is 29.3 Å². The molecule has 2 heterocycles. The molecule has 208 valence electrons.